The van der Waals surface area contributed by atoms with Gasteiger partial charge in [-0.15, -0.1) is 0 Å². The van der Waals surface area contributed by atoms with Gasteiger partial charge in [-0.3, -0.25) is 14.4 Å². The predicted octanol–water partition coefficient (Wildman–Crippen LogP) is 17.8. The molecule has 0 saturated heterocycles. The monoisotopic (exact) mass is 903 g/mol. The molecule has 0 radical (unpaired) electrons. The second-order valence-corrected chi connectivity index (χ2v) is 17.4. The second-order valence-electron chi connectivity index (χ2n) is 17.4. The highest BCUT2D eigenvalue weighted by molar-refractivity contribution is 5.71. The molecule has 0 aromatic rings. The molecule has 0 spiro atoms. The van der Waals surface area contributed by atoms with Crippen molar-refractivity contribution in [2.45, 2.75) is 245 Å². The van der Waals surface area contributed by atoms with E-state index in [0.29, 0.717) is 19.3 Å². The molecule has 6 heteroatoms. The number of unbranched alkanes of at least 4 members (excludes halogenated alkanes) is 20. The average Bonchev–Trinajstić information content (AvgIpc) is 3.30. The minimum absolute atomic E-state index is 0.109. The predicted molar refractivity (Wildman–Crippen MR) is 279 cm³/mol. The van der Waals surface area contributed by atoms with Crippen LogP contribution < -0.4 is 0 Å². The Morgan fingerprint density at radius 1 is 0.308 bits per heavy atom. The molecular formula is C59H98O6. The number of ether oxygens (including phenoxy) is 3. The van der Waals surface area contributed by atoms with Gasteiger partial charge < -0.3 is 14.2 Å². The van der Waals surface area contributed by atoms with Crippen LogP contribution in [0.5, 0.6) is 0 Å². The van der Waals surface area contributed by atoms with Crippen LogP contribution in [-0.2, 0) is 28.6 Å². The van der Waals surface area contributed by atoms with Crippen molar-refractivity contribution in [2.24, 2.45) is 0 Å². The summed E-state index contributed by atoms with van der Waals surface area (Å²) in [6.07, 6.45) is 69.6. The van der Waals surface area contributed by atoms with Crippen molar-refractivity contribution < 1.29 is 28.6 Å². The van der Waals surface area contributed by atoms with Crippen molar-refractivity contribution in [1.82, 2.24) is 0 Å². The van der Waals surface area contributed by atoms with Gasteiger partial charge in [-0.2, -0.15) is 0 Å². The van der Waals surface area contributed by atoms with Gasteiger partial charge >= 0.3 is 17.9 Å². The Balaban J connectivity index is 4.52. The molecule has 0 saturated carbocycles. The number of hydrogen-bond donors (Lipinski definition) is 0. The standard InChI is InChI=1S/C59H98O6/c1-4-7-10-13-16-19-22-25-28-29-32-34-37-40-43-46-49-52-58(61)64-55-56(65-59(62)53-50-47-44-41-38-35-31-27-24-21-18-15-12-9-6-3)54-63-57(60)51-48-45-42-39-36-33-30-26-23-20-17-14-11-8-5-2/h16-21,25-28,30-32,34,38,41,56H,4-15,22-24,29,33,35-37,39-40,42-55H2,1-3H3/b19-16-,20-17-,21-18-,28-25-,30-26-,31-27-,34-32-,41-38-/t56-/m1/s1. The summed E-state index contributed by atoms with van der Waals surface area (Å²) in [5.74, 6) is -0.984. The van der Waals surface area contributed by atoms with E-state index >= 15 is 0 Å². The van der Waals surface area contributed by atoms with Gasteiger partial charge in [-0.25, -0.2) is 0 Å². The van der Waals surface area contributed by atoms with E-state index in [2.05, 4.69) is 118 Å². The van der Waals surface area contributed by atoms with Gasteiger partial charge in [0, 0.05) is 19.3 Å². The fourth-order valence-corrected chi connectivity index (χ4v) is 6.95. The van der Waals surface area contributed by atoms with Crippen LogP contribution in [0.2, 0.25) is 0 Å². The van der Waals surface area contributed by atoms with Gasteiger partial charge in [0.15, 0.2) is 6.10 Å². The molecule has 0 amide bonds. The molecule has 0 aromatic heterocycles. The van der Waals surface area contributed by atoms with Crippen LogP contribution in [0.4, 0.5) is 0 Å². The zero-order valence-corrected chi connectivity index (χ0v) is 42.2. The quantitative estimate of drug-likeness (QED) is 0.0262. The number of carbonyl (C=O) groups is 3. The summed E-state index contributed by atoms with van der Waals surface area (Å²) in [4.78, 5) is 38.0. The Kier molecular flexibility index (Phi) is 50.0. The van der Waals surface area contributed by atoms with Crippen LogP contribution in [0.15, 0.2) is 97.2 Å². The Morgan fingerprint density at radius 3 is 0.892 bits per heavy atom. The first-order valence-corrected chi connectivity index (χ1v) is 26.7. The third kappa shape index (κ3) is 51.2. The lowest BCUT2D eigenvalue weighted by atomic mass is 10.1. The third-order valence-corrected chi connectivity index (χ3v) is 11.0. The molecule has 0 bridgehead atoms. The molecule has 0 heterocycles. The van der Waals surface area contributed by atoms with Crippen molar-refractivity contribution in [3.8, 4) is 0 Å². The SMILES string of the molecule is CCCCC/C=C\C/C=C\C/C=C\CCCCCCC(=O)OC[C@@H](COC(=O)CCCCCCC/C=C\C/C=C\CCCCC)OC(=O)CCCC/C=C\C/C=C\C/C=C\CCCCC. The second kappa shape index (κ2) is 52.9. The van der Waals surface area contributed by atoms with E-state index in [1.807, 2.05) is 0 Å². The molecule has 0 aromatic carbocycles. The topological polar surface area (TPSA) is 78.9 Å². The van der Waals surface area contributed by atoms with Crippen molar-refractivity contribution in [1.29, 1.82) is 0 Å². The lowest BCUT2D eigenvalue weighted by Crippen LogP contribution is -2.30. The summed E-state index contributed by atoms with van der Waals surface area (Å²) < 4.78 is 16.8. The Hall–Kier alpha value is -3.67. The van der Waals surface area contributed by atoms with E-state index in [1.54, 1.807) is 0 Å². The smallest absolute Gasteiger partial charge is 0.306 e. The highest BCUT2D eigenvalue weighted by Gasteiger charge is 2.19. The summed E-state index contributed by atoms with van der Waals surface area (Å²) in [5, 5.41) is 0. The minimum Gasteiger partial charge on any atom is -0.462 e. The minimum atomic E-state index is -0.813. The fourth-order valence-electron chi connectivity index (χ4n) is 6.95. The average molecular weight is 903 g/mol. The summed E-state index contributed by atoms with van der Waals surface area (Å²) in [6, 6.07) is 0. The number of carbonyl (C=O) groups excluding carboxylic acids is 3. The molecule has 0 N–H and O–H groups in total. The van der Waals surface area contributed by atoms with E-state index < -0.39 is 6.10 Å². The number of allylic oxidation sites excluding steroid dienone is 16. The van der Waals surface area contributed by atoms with E-state index in [4.69, 9.17) is 14.2 Å². The highest BCUT2D eigenvalue weighted by atomic mass is 16.6. The van der Waals surface area contributed by atoms with Crippen LogP contribution in [0.25, 0.3) is 0 Å². The first-order chi connectivity index (χ1) is 32.0. The van der Waals surface area contributed by atoms with Crippen LogP contribution in [-0.4, -0.2) is 37.2 Å². The van der Waals surface area contributed by atoms with Crippen molar-refractivity contribution in [3.05, 3.63) is 97.2 Å². The van der Waals surface area contributed by atoms with Gasteiger partial charge in [0.05, 0.1) is 0 Å². The molecule has 0 rings (SSSR count). The normalized spacial score (nSPS) is 12.8. The van der Waals surface area contributed by atoms with Gasteiger partial charge in [-0.05, 0) is 128 Å². The maximum absolute atomic E-state index is 12.8. The van der Waals surface area contributed by atoms with Crippen LogP contribution in [0, 0.1) is 0 Å². The Morgan fingerprint density at radius 2 is 0.554 bits per heavy atom. The van der Waals surface area contributed by atoms with Crippen molar-refractivity contribution in [2.75, 3.05) is 13.2 Å². The molecule has 6 nitrogen and oxygen atoms in total. The maximum Gasteiger partial charge on any atom is 0.306 e. The Bertz CT molecular complexity index is 1310. The molecule has 370 valence electrons. The zero-order valence-electron chi connectivity index (χ0n) is 42.2. The summed E-state index contributed by atoms with van der Waals surface area (Å²) in [7, 11) is 0. The number of rotatable bonds is 47. The molecule has 0 aliphatic rings. The van der Waals surface area contributed by atoms with E-state index in [1.165, 1.54) is 77.0 Å². The van der Waals surface area contributed by atoms with Crippen LogP contribution in [0.1, 0.15) is 239 Å². The molecular weight excluding hydrogens is 805 g/mol. The summed E-state index contributed by atoms with van der Waals surface area (Å²) in [6.45, 7) is 6.48. The molecule has 65 heavy (non-hydrogen) atoms. The van der Waals surface area contributed by atoms with Gasteiger partial charge in [0.25, 0.3) is 0 Å². The molecule has 0 fully saturated rings. The molecule has 0 aliphatic carbocycles. The van der Waals surface area contributed by atoms with E-state index in [9.17, 15) is 14.4 Å². The largest absolute Gasteiger partial charge is 0.462 e. The molecule has 1 atom stereocenters. The summed E-state index contributed by atoms with van der Waals surface area (Å²) >= 11 is 0. The first kappa shape index (κ1) is 61.3. The van der Waals surface area contributed by atoms with Gasteiger partial charge in [-0.1, -0.05) is 189 Å². The maximum atomic E-state index is 12.8. The lowest BCUT2D eigenvalue weighted by Gasteiger charge is -2.18. The fraction of sp³-hybridized carbons (Fsp3) is 0.678. The van der Waals surface area contributed by atoms with E-state index in [0.717, 1.165) is 116 Å². The van der Waals surface area contributed by atoms with Crippen LogP contribution in [0.3, 0.4) is 0 Å². The van der Waals surface area contributed by atoms with E-state index in [-0.39, 0.29) is 37.5 Å². The molecule has 0 aliphatic heterocycles. The van der Waals surface area contributed by atoms with Crippen LogP contribution >= 0.6 is 0 Å². The lowest BCUT2D eigenvalue weighted by molar-refractivity contribution is -0.167. The van der Waals surface area contributed by atoms with Crippen molar-refractivity contribution in [3.63, 3.8) is 0 Å². The van der Waals surface area contributed by atoms with Gasteiger partial charge in [0.1, 0.15) is 13.2 Å². The first-order valence-electron chi connectivity index (χ1n) is 26.7. The molecule has 0 unspecified atom stereocenters. The third-order valence-electron chi connectivity index (χ3n) is 11.0. The zero-order chi connectivity index (χ0) is 47.2. The number of esters is 3. The Labute approximate surface area is 400 Å². The summed E-state index contributed by atoms with van der Waals surface area (Å²) in [5.41, 5.74) is 0. The van der Waals surface area contributed by atoms with Gasteiger partial charge in [0.2, 0.25) is 0 Å². The number of hydrogen-bond acceptors (Lipinski definition) is 6. The highest BCUT2D eigenvalue weighted by Crippen LogP contribution is 2.12. The van der Waals surface area contributed by atoms with Crippen molar-refractivity contribution >= 4 is 17.9 Å².